The third-order valence-electron chi connectivity index (χ3n) is 0. The van der Waals surface area contributed by atoms with Crippen LogP contribution in [0.15, 0.2) is 0 Å². The summed E-state index contributed by atoms with van der Waals surface area (Å²) < 4.78 is 0. The van der Waals surface area contributed by atoms with E-state index in [9.17, 15) is 0 Å². The van der Waals surface area contributed by atoms with Crippen molar-refractivity contribution in [2.75, 3.05) is 0 Å². The minimum Gasteiger partial charge on any atom is -0.550 e. The molecule has 0 aromatic heterocycles. The van der Waals surface area contributed by atoms with Crippen molar-refractivity contribution in [2.45, 2.75) is 6.92 Å². The van der Waals surface area contributed by atoms with Gasteiger partial charge in [0, 0.05) is 5.97 Å². The molecule has 0 radical (unpaired) electrons. The molecule has 0 heterocycles. The van der Waals surface area contributed by atoms with Gasteiger partial charge < -0.3 is 9.90 Å². The fourth-order valence-electron chi connectivity index (χ4n) is 0. The second-order valence-electron chi connectivity index (χ2n) is 0.492. The van der Waals surface area contributed by atoms with E-state index in [0.29, 0.717) is 0 Å². The van der Waals surface area contributed by atoms with Crippen LogP contribution < -0.4 is 34.7 Å². The smallest absolute Gasteiger partial charge is 0.550 e. The number of aliphatic carboxylic acids is 1. The van der Waals surface area contributed by atoms with Gasteiger partial charge in [-0.25, -0.2) is 0 Å². The molecule has 0 unspecified atom stereocenters. The number of rotatable bonds is 0. The van der Waals surface area contributed by atoms with Gasteiger partial charge in [0.25, 0.3) is 0 Å². The molecule has 0 spiro atoms. The van der Waals surface area contributed by atoms with E-state index >= 15 is 0 Å². The van der Waals surface area contributed by atoms with Crippen molar-refractivity contribution in [1.29, 1.82) is 0 Å². The maximum atomic E-state index is 8.89. The van der Waals surface area contributed by atoms with Crippen molar-refractivity contribution >= 4 is 5.97 Å². The van der Waals surface area contributed by atoms with Crippen LogP contribution in [0.5, 0.6) is 0 Å². The van der Waals surface area contributed by atoms with Crippen LogP contribution in [-0.2, 0) is 4.79 Å². The number of carboxylic acid groups (broad SMARTS) is 1. The molecule has 0 fully saturated rings. The summed E-state index contributed by atoms with van der Waals surface area (Å²) in [6.45, 7) is 0.972. The molecule has 2 nitrogen and oxygen atoms in total. The molecule has 0 aliphatic rings. The van der Waals surface area contributed by atoms with E-state index in [1.807, 2.05) is 0 Å². The fraction of sp³-hybridized carbons (Fsp3) is 0.500. The standard InChI is InChI=1S/C2H4O2.Na/c1-2(3)4;/h1H3,(H,3,4);/q;+1/p-1/i2+1,3+2,4+2;. The Morgan fingerprint density at radius 3 is 1.80 bits per heavy atom. The Morgan fingerprint density at radius 1 is 1.80 bits per heavy atom. The Balaban J connectivity index is 0. The van der Waals surface area contributed by atoms with Gasteiger partial charge in [0.15, 0.2) is 0 Å². The molecule has 0 aliphatic heterocycles. The van der Waals surface area contributed by atoms with Crippen molar-refractivity contribution in [3.05, 3.63) is 0 Å². The number of carboxylic acids is 1. The first-order valence-electron chi connectivity index (χ1n) is 0.908. The molecule has 0 atom stereocenters. The zero-order valence-electron chi connectivity index (χ0n) is 3.32. The van der Waals surface area contributed by atoms with Gasteiger partial charge >= 0.3 is 29.6 Å². The van der Waals surface area contributed by atoms with Crippen LogP contribution in [0.25, 0.3) is 0 Å². The average Bonchev–Trinajstić information content (AvgIpc) is 0.811. The third kappa shape index (κ3) is 123. The second kappa shape index (κ2) is 4.47. The van der Waals surface area contributed by atoms with Gasteiger partial charge in [-0.2, -0.15) is 0 Å². The van der Waals surface area contributed by atoms with Gasteiger partial charge in [0.05, 0.1) is 0 Å². The number of carbonyl (C=O) groups excluding carboxylic acids is 1. The minimum absolute atomic E-state index is 0. The predicted octanol–water partition coefficient (Wildman–Crippen LogP) is -4.24. The van der Waals surface area contributed by atoms with Gasteiger partial charge in [0.2, 0.25) is 0 Å². The first kappa shape index (κ1) is 9.08. The molecule has 0 rings (SSSR count). The first-order chi connectivity index (χ1) is 1.73. The summed E-state index contributed by atoms with van der Waals surface area (Å²) in [7, 11) is 0. The first-order valence-corrected chi connectivity index (χ1v) is 0.908. The quantitative estimate of drug-likeness (QED) is 0.170. The van der Waals surface area contributed by atoms with Crippen LogP contribution in [0, 0.1) is 0 Å². The van der Waals surface area contributed by atoms with Crippen LogP contribution in [0.4, 0.5) is 0 Å². The molecule has 5 heavy (non-hydrogen) atoms. The summed E-state index contributed by atoms with van der Waals surface area (Å²) in [5.41, 5.74) is 0. The summed E-state index contributed by atoms with van der Waals surface area (Å²) in [4.78, 5) is 8.89. The summed E-state index contributed by atoms with van der Waals surface area (Å²) in [6, 6.07) is 0. The van der Waals surface area contributed by atoms with E-state index in [2.05, 4.69) is 0 Å². The van der Waals surface area contributed by atoms with Gasteiger partial charge in [-0.15, -0.1) is 0 Å². The van der Waals surface area contributed by atoms with E-state index in [1.54, 1.807) is 0 Å². The molecule has 0 aromatic rings. The summed E-state index contributed by atoms with van der Waals surface area (Å²) in [5, 5.41) is 8.89. The Hall–Kier alpha value is 0.470. The Morgan fingerprint density at radius 2 is 1.80 bits per heavy atom. The van der Waals surface area contributed by atoms with Crippen LogP contribution in [0.3, 0.4) is 0 Å². The van der Waals surface area contributed by atoms with E-state index in [4.69, 9.17) is 9.90 Å². The molecule has 3 heteroatoms. The van der Waals surface area contributed by atoms with Gasteiger partial charge in [0.1, 0.15) is 0 Å². The average molecular weight is 87.0 g/mol. The zero-order valence-corrected chi connectivity index (χ0v) is 5.32. The van der Waals surface area contributed by atoms with Crippen LogP contribution in [0.2, 0.25) is 0 Å². The SMILES string of the molecule is C[13C](=[18O])[18O-].[Na+]. The van der Waals surface area contributed by atoms with E-state index in [1.165, 1.54) is 0 Å². The van der Waals surface area contributed by atoms with Gasteiger partial charge in [-0.1, -0.05) is 0 Å². The topological polar surface area (TPSA) is 40.1 Å². The molecule has 0 bridgehead atoms. The van der Waals surface area contributed by atoms with Crippen LogP contribution in [-0.4, -0.2) is 5.97 Å². The number of carbonyl (C=O) groups is 1. The van der Waals surface area contributed by atoms with Crippen LogP contribution >= 0.6 is 0 Å². The van der Waals surface area contributed by atoms with Crippen molar-refractivity contribution in [1.82, 2.24) is 0 Å². The summed E-state index contributed by atoms with van der Waals surface area (Å²) in [5.74, 6) is -1.08. The molecule has 0 N–H and O–H groups in total. The minimum atomic E-state index is -1.08. The third-order valence-corrected chi connectivity index (χ3v) is 0. The zero-order chi connectivity index (χ0) is 3.58. The van der Waals surface area contributed by atoms with Crippen molar-refractivity contribution < 1.29 is 39.5 Å². The van der Waals surface area contributed by atoms with Crippen molar-refractivity contribution in [3.63, 3.8) is 0 Å². The second-order valence-corrected chi connectivity index (χ2v) is 0.492. The van der Waals surface area contributed by atoms with E-state index in [-0.39, 0.29) is 29.6 Å². The largest absolute Gasteiger partial charge is 1.00 e. The van der Waals surface area contributed by atoms with Crippen molar-refractivity contribution in [3.8, 4) is 0 Å². The molecular weight excluding hydrogens is 84.0 g/mol. The maximum Gasteiger partial charge on any atom is 1.00 e. The molecule has 0 aliphatic carbocycles. The summed E-state index contributed by atoms with van der Waals surface area (Å²) >= 11 is 0. The molecule has 0 aromatic carbocycles. The Labute approximate surface area is 52.5 Å². The van der Waals surface area contributed by atoms with Crippen molar-refractivity contribution in [2.24, 2.45) is 0 Å². The normalized spacial score (nSPS) is 5.00. The van der Waals surface area contributed by atoms with E-state index in [0.717, 1.165) is 6.92 Å². The summed E-state index contributed by atoms with van der Waals surface area (Å²) in [6.07, 6.45) is 0. The van der Waals surface area contributed by atoms with Crippen LogP contribution in [0.1, 0.15) is 6.92 Å². The van der Waals surface area contributed by atoms with Gasteiger partial charge in [-0.3, -0.25) is 0 Å². The van der Waals surface area contributed by atoms with E-state index < -0.39 is 5.97 Å². The monoisotopic (exact) mass is 87.0 g/mol. The molecular formula is C2H3NaO2. The molecule has 0 saturated heterocycles. The number of hydrogen-bond donors (Lipinski definition) is 0. The molecule has 0 saturated carbocycles. The molecule has 24 valence electrons. The Bertz CT molecular complexity index is 30.6. The number of hydrogen-bond acceptors (Lipinski definition) is 2. The fourth-order valence-corrected chi connectivity index (χ4v) is 0. The maximum absolute atomic E-state index is 8.89. The Kier molecular flexibility index (Phi) is 8.11. The molecule has 0 amide bonds. The predicted molar refractivity (Wildman–Crippen MR) is 10.7 cm³/mol. The van der Waals surface area contributed by atoms with Gasteiger partial charge in [-0.05, 0) is 6.92 Å².